The Bertz CT molecular complexity index is 855. The van der Waals surface area contributed by atoms with Gasteiger partial charge in [-0.3, -0.25) is 4.79 Å². The van der Waals surface area contributed by atoms with Gasteiger partial charge in [-0.25, -0.2) is 4.79 Å². The van der Waals surface area contributed by atoms with Crippen molar-refractivity contribution in [2.24, 2.45) is 11.7 Å². The third-order valence-corrected chi connectivity index (χ3v) is 6.33. The van der Waals surface area contributed by atoms with E-state index in [-0.39, 0.29) is 5.56 Å². The molecule has 1 aliphatic carbocycles. The van der Waals surface area contributed by atoms with Gasteiger partial charge in [0.25, 0.3) is 0 Å². The quantitative estimate of drug-likeness (QED) is 0.569. The first-order chi connectivity index (χ1) is 15.3. The number of nitrogens with two attached hydrogens (primary N) is 1. The summed E-state index contributed by atoms with van der Waals surface area (Å²) in [6.45, 7) is 3.98. The van der Waals surface area contributed by atoms with Crippen LogP contribution in [0.5, 0.6) is 0 Å². The number of hydrogen-bond donors (Lipinski definition) is 2. The van der Waals surface area contributed by atoms with Gasteiger partial charge in [-0.1, -0.05) is 29.8 Å². The number of benzene rings is 2. The summed E-state index contributed by atoms with van der Waals surface area (Å²) in [5, 5.41) is 9.85. The predicted molar refractivity (Wildman–Crippen MR) is 130 cm³/mol. The van der Waals surface area contributed by atoms with E-state index in [0.717, 1.165) is 48.6 Å². The maximum atomic E-state index is 11.5. The number of rotatable bonds is 8. The van der Waals surface area contributed by atoms with Crippen LogP contribution >= 0.6 is 11.6 Å². The molecular formula is C25H34ClN3O3. The van der Waals surface area contributed by atoms with Crippen molar-refractivity contribution < 1.29 is 14.7 Å². The average molecular weight is 460 g/mol. The summed E-state index contributed by atoms with van der Waals surface area (Å²) in [5.74, 6) is -0.299. The fourth-order valence-electron chi connectivity index (χ4n) is 4.02. The highest BCUT2D eigenvalue weighted by Crippen LogP contribution is 2.26. The molecule has 0 saturated heterocycles. The maximum absolute atomic E-state index is 11.5. The second kappa shape index (κ2) is 13.2. The van der Waals surface area contributed by atoms with E-state index in [1.807, 2.05) is 37.3 Å². The minimum atomic E-state index is -0.958. The number of likely N-dealkylation sites (N-methyl/N-ethyl adjacent to an activating group) is 1. The molecule has 0 atom stereocenters. The smallest absolute Gasteiger partial charge is 0.335 e. The number of aromatic carboxylic acids is 1. The second-order valence-electron chi connectivity index (χ2n) is 8.29. The number of aryl methyl sites for hydroxylation is 1. The lowest BCUT2D eigenvalue weighted by atomic mass is 9.85. The van der Waals surface area contributed by atoms with Gasteiger partial charge in [-0.05, 0) is 88.0 Å². The first-order valence-corrected chi connectivity index (χ1v) is 11.4. The van der Waals surface area contributed by atoms with E-state index < -0.39 is 5.97 Å². The Labute approximate surface area is 196 Å². The number of halogens is 1. The van der Waals surface area contributed by atoms with Crippen LogP contribution in [0, 0.1) is 12.8 Å². The number of anilines is 1. The molecule has 0 unspecified atom stereocenters. The lowest BCUT2D eigenvalue weighted by Crippen LogP contribution is -2.41. The molecule has 0 aromatic heterocycles. The first kappa shape index (κ1) is 25.8. The zero-order chi connectivity index (χ0) is 23.5. The van der Waals surface area contributed by atoms with Crippen LogP contribution in [-0.4, -0.2) is 55.1 Å². The predicted octanol–water partition coefficient (Wildman–Crippen LogP) is 4.45. The Morgan fingerprint density at radius 3 is 2.25 bits per heavy atom. The Morgan fingerprint density at radius 2 is 1.78 bits per heavy atom. The highest BCUT2D eigenvalue weighted by Gasteiger charge is 2.23. The molecular weight excluding hydrogens is 426 g/mol. The molecule has 0 bridgehead atoms. The summed E-state index contributed by atoms with van der Waals surface area (Å²) in [4.78, 5) is 26.5. The molecule has 1 saturated carbocycles. The average Bonchev–Trinajstić information content (AvgIpc) is 2.81. The molecule has 3 rings (SSSR count). The number of amides is 1. The van der Waals surface area contributed by atoms with Gasteiger partial charge in [-0.15, -0.1) is 0 Å². The van der Waals surface area contributed by atoms with Crippen LogP contribution in [-0.2, 0) is 4.79 Å². The highest BCUT2D eigenvalue weighted by molar-refractivity contribution is 6.30. The molecule has 2 aromatic rings. The van der Waals surface area contributed by atoms with Crippen molar-refractivity contribution in [1.29, 1.82) is 0 Å². The van der Waals surface area contributed by atoms with Gasteiger partial charge in [0.05, 0.1) is 5.56 Å². The number of nitrogens with zero attached hydrogens (tertiary/aromatic N) is 2. The molecule has 7 heteroatoms. The van der Waals surface area contributed by atoms with E-state index in [9.17, 15) is 9.59 Å². The number of carboxylic acids is 1. The minimum absolute atomic E-state index is 0.237. The molecule has 6 nitrogen and oxygen atoms in total. The fraction of sp³-hybridized carbons (Fsp3) is 0.440. The summed E-state index contributed by atoms with van der Waals surface area (Å²) in [6.07, 6.45) is 5.50. The number of carbonyl (C=O) groups excluding carboxylic acids is 1. The van der Waals surface area contributed by atoms with Crippen LogP contribution < -0.4 is 10.6 Å². The van der Waals surface area contributed by atoms with Gasteiger partial charge in [0, 0.05) is 29.8 Å². The third-order valence-electron chi connectivity index (χ3n) is 6.08. The molecule has 1 amide bonds. The van der Waals surface area contributed by atoms with Crippen molar-refractivity contribution >= 4 is 29.7 Å². The molecule has 0 spiro atoms. The Kier molecular flexibility index (Phi) is 10.7. The minimum Gasteiger partial charge on any atom is -0.478 e. The molecule has 0 radical (unpaired) electrons. The SMILES string of the molecule is Cc1cc(C(=O)O)ccc1N(C=O)CCN(C)C1CCC(CN)CC1.Clc1ccccc1. The number of hydrogen-bond acceptors (Lipinski definition) is 4. The molecule has 1 fully saturated rings. The van der Waals surface area contributed by atoms with E-state index in [1.165, 1.54) is 12.8 Å². The standard InChI is InChI=1S/C19H29N3O3.C6H5Cl/c1-14-11-16(19(24)25)5-8-18(14)22(13-23)10-9-21(2)17-6-3-15(12-20)4-7-17;7-6-4-2-1-3-5-6/h5,8,11,13,15,17H,3-4,6-7,9-10,12,20H2,1-2H3,(H,24,25);1-5H. The summed E-state index contributed by atoms with van der Waals surface area (Å²) < 4.78 is 0. The van der Waals surface area contributed by atoms with Crippen molar-refractivity contribution in [3.63, 3.8) is 0 Å². The molecule has 0 aliphatic heterocycles. The maximum Gasteiger partial charge on any atom is 0.335 e. The van der Waals surface area contributed by atoms with Crippen LogP contribution in [0.15, 0.2) is 48.5 Å². The van der Waals surface area contributed by atoms with Gasteiger partial charge < -0.3 is 20.6 Å². The lowest BCUT2D eigenvalue weighted by Gasteiger charge is -2.35. The van der Waals surface area contributed by atoms with E-state index >= 15 is 0 Å². The summed E-state index contributed by atoms with van der Waals surface area (Å²) in [7, 11) is 2.11. The van der Waals surface area contributed by atoms with Gasteiger partial charge in [-0.2, -0.15) is 0 Å². The normalized spacial score (nSPS) is 17.9. The van der Waals surface area contributed by atoms with Crippen LogP contribution in [0.25, 0.3) is 0 Å². The highest BCUT2D eigenvalue weighted by atomic mass is 35.5. The topological polar surface area (TPSA) is 86.9 Å². The molecule has 2 aromatic carbocycles. The van der Waals surface area contributed by atoms with Crippen LogP contribution in [0.2, 0.25) is 5.02 Å². The Hall–Kier alpha value is -2.41. The molecule has 174 valence electrons. The fourth-order valence-corrected chi connectivity index (χ4v) is 4.17. The van der Waals surface area contributed by atoms with Crippen LogP contribution in [0.4, 0.5) is 5.69 Å². The van der Waals surface area contributed by atoms with Crippen molar-refractivity contribution in [1.82, 2.24) is 4.90 Å². The first-order valence-electron chi connectivity index (χ1n) is 11.0. The van der Waals surface area contributed by atoms with Gasteiger partial charge >= 0.3 is 5.97 Å². The molecule has 0 heterocycles. The van der Waals surface area contributed by atoms with Crippen molar-refractivity contribution in [2.45, 2.75) is 38.6 Å². The van der Waals surface area contributed by atoms with E-state index in [2.05, 4.69) is 11.9 Å². The molecule has 32 heavy (non-hydrogen) atoms. The Morgan fingerprint density at radius 1 is 1.12 bits per heavy atom. The summed E-state index contributed by atoms with van der Waals surface area (Å²) >= 11 is 5.54. The van der Waals surface area contributed by atoms with Gasteiger partial charge in [0.1, 0.15) is 0 Å². The van der Waals surface area contributed by atoms with E-state index in [1.54, 1.807) is 23.1 Å². The largest absolute Gasteiger partial charge is 0.478 e. The third kappa shape index (κ3) is 7.93. The number of carbonyl (C=O) groups is 2. The van der Waals surface area contributed by atoms with Crippen LogP contribution in [0.3, 0.4) is 0 Å². The van der Waals surface area contributed by atoms with Crippen molar-refractivity contribution in [2.75, 3.05) is 31.6 Å². The summed E-state index contributed by atoms with van der Waals surface area (Å²) in [5.41, 5.74) is 7.54. The monoisotopic (exact) mass is 459 g/mol. The van der Waals surface area contributed by atoms with E-state index in [4.69, 9.17) is 22.4 Å². The molecule has 1 aliphatic rings. The van der Waals surface area contributed by atoms with Gasteiger partial charge in [0.2, 0.25) is 6.41 Å². The van der Waals surface area contributed by atoms with Crippen LogP contribution in [0.1, 0.15) is 41.6 Å². The summed E-state index contributed by atoms with van der Waals surface area (Å²) in [6, 6.07) is 14.8. The van der Waals surface area contributed by atoms with Crippen molar-refractivity contribution in [3.05, 3.63) is 64.7 Å². The zero-order valence-electron chi connectivity index (χ0n) is 18.9. The zero-order valence-corrected chi connectivity index (χ0v) is 19.7. The molecule has 3 N–H and O–H groups in total. The van der Waals surface area contributed by atoms with E-state index in [0.29, 0.717) is 18.5 Å². The Balaban J connectivity index is 0.000000439. The second-order valence-corrected chi connectivity index (χ2v) is 8.73. The lowest BCUT2D eigenvalue weighted by molar-refractivity contribution is -0.107. The van der Waals surface area contributed by atoms with Gasteiger partial charge in [0.15, 0.2) is 0 Å². The van der Waals surface area contributed by atoms with Crippen molar-refractivity contribution in [3.8, 4) is 0 Å². The number of carboxylic acid groups (broad SMARTS) is 1.